The van der Waals surface area contributed by atoms with Crippen LogP contribution in [-0.4, -0.2) is 30.8 Å². The number of nitrogens with zero attached hydrogens (tertiary/aromatic N) is 2. The monoisotopic (exact) mass is 405 g/mol. The molecule has 0 saturated carbocycles. The van der Waals surface area contributed by atoms with Gasteiger partial charge in [-0.2, -0.15) is 0 Å². The van der Waals surface area contributed by atoms with Crippen molar-refractivity contribution in [3.05, 3.63) is 54.5 Å². The molecule has 0 radical (unpaired) electrons. The molecule has 1 aliphatic rings. The Morgan fingerprint density at radius 2 is 2.07 bits per heavy atom. The highest BCUT2D eigenvalue weighted by atomic mass is 32.2. The van der Waals surface area contributed by atoms with E-state index in [4.69, 9.17) is 4.74 Å². The van der Waals surface area contributed by atoms with Crippen LogP contribution >= 0.6 is 11.8 Å². The van der Waals surface area contributed by atoms with E-state index in [0.29, 0.717) is 16.9 Å². The SMILES string of the molecule is COc1ccc(F)cc1S(=O)(=O)Nc1ccccc1-c1cn2c(n1)SCC2. The minimum Gasteiger partial charge on any atom is -0.495 e. The Morgan fingerprint density at radius 1 is 1.26 bits per heavy atom. The summed E-state index contributed by atoms with van der Waals surface area (Å²) in [6.45, 7) is 0.876. The van der Waals surface area contributed by atoms with Gasteiger partial charge in [-0.15, -0.1) is 0 Å². The van der Waals surface area contributed by atoms with Gasteiger partial charge in [-0.1, -0.05) is 30.0 Å². The minimum atomic E-state index is -4.06. The van der Waals surface area contributed by atoms with Crippen LogP contribution in [0.15, 0.2) is 58.7 Å². The third kappa shape index (κ3) is 3.40. The number of para-hydroxylation sites is 1. The maximum atomic E-state index is 13.6. The minimum absolute atomic E-state index is 0.0683. The first-order valence-electron chi connectivity index (χ1n) is 8.14. The first-order valence-corrected chi connectivity index (χ1v) is 10.6. The number of halogens is 1. The first kappa shape index (κ1) is 17.9. The molecule has 0 saturated heterocycles. The number of benzene rings is 2. The molecule has 6 nitrogen and oxygen atoms in total. The summed E-state index contributed by atoms with van der Waals surface area (Å²) < 4.78 is 49.0. The average Bonchev–Trinajstić information content (AvgIpc) is 3.24. The zero-order valence-electron chi connectivity index (χ0n) is 14.3. The first-order chi connectivity index (χ1) is 13.0. The van der Waals surface area contributed by atoms with E-state index in [2.05, 4.69) is 9.71 Å². The lowest BCUT2D eigenvalue weighted by molar-refractivity contribution is 0.401. The number of ether oxygens (including phenoxy) is 1. The standard InChI is InChI=1S/C18H16FN3O3S2/c1-25-16-7-6-12(19)10-17(16)27(23,24)21-14-5-3-2-4-13(14)15-11-22-8-9-26-18(22)20-15/h2-7,10-11,21H,8-9H2,1H3. The topological polar surface area (TPSA) is 73.2 Å². The summed E-state index contributed by atoms with van der Waals surface area (Å²) in [5, 5.41) is 0.912. The molecule has 2 aromatic carbocycles. The van der Waals surface area contributed by atoms with Crippen LogP contribution in [0.1, 0.15) is 0 Å². The molecule has 0 unspecified atom stereocenters. The molecule has 9 heteroatoms. The molecule has 2 heterocycles. The number of sulfonamides is 1. The van der Waals surface area contributed by atoms with E-state index in [1.807, 2.05) is 16.8 Å². The summed E-state index contributed by atoms with van der Waals surface area (Å²) in [5.74, 6) is 0.391. The van der Waals surface area contributed by atoms with E-state index in [0.717, 1.165) is 29.6 Å². The Hall–Kier alpha value is -2.52. The molecule has 0 fully saturated rings. The van der Waals surface area contributed by atoms with Crippen molar-refractivity contribution in [3.63, 3.8) is 0 Å². The van der Waals surface area contributed by atoms with E-state index in [1.165, 1.54) is 13.2 Å². The van der Waals surface area contributed by atoms with Crippen molar-refractivity contribution in [2.24, 2.45) is 0 Å². The van der Waals surface area contributed by atoms with Gasteiger partial charge in [0, 0.05) is 24.1 Å². The Balaban J connectivity index is 1.74. The third-order valence-electron chi connectivity index (χ3n) is 4.17. The number of thioether (sulfide) groups is 1. The number of methoxy groups -OCH3 is 1. The molecular formula is C18H16FN3O3S2. The fourth-order valence-electron chi connectivity index (χ4n) is 2.90. The molecular weight excluding hydrogens is 389 g/mol. The number of imidazole rings is 1. The highest BCUT2D eigenvalue weighted by molar-refractivity contribution is 7.99. The number of nitrogens with one attached hydrogen (secondary N) is 1. The number of hydrogen-bond acceptors (Lipinski definition) is 5. The van der Waals surface area contributed by atoms with Gasteiger partial charge in [0.05, 0.1) is 18.5 Å². The van der Waals surface area contributed by atoms with Crippen molar-refractivity contribution in [2.45, 2.75) is 16.6 Å². The smallest absolute Gasteiger partial charge is 0.265 e. The number of anilines is 1. The maximum absolute atomic E-state index is 13.6. The van der Waals surface area contributed by atoms with Crippen molar-refractivity contribution in [3.8, 4) is 17.0 Å². The van der Waals surface area contributed by atoms with E-state index in [-0.39, 0.29) is 10.6 Å². The highest BCUT2D eigenvalue weighted by Gasteiger charge is 2.23. The van der Waals surface area contributed by atoms with Gasteiger partial charge >= 0.3 is 0 Å². The molecule has 0 spiro atoms. The van der Waals surface area contributed by atoms with Gasteiger partial charge in [0.1, 0.15) is 16.5 Å². The highest BCUT2D eigenvalue weighted by Crippen LogP contribution is 2.34. The number of hydrogen-bond donors (Lipinski definition) is 1. The van der Waals surface area contributed by atoms with E-state index in [1.54, 1.807) is 30.0 Å². The summed E-state index contributed by atoms with van der Waals surface area (Å²) >= 11 is 1.66. The van der Waals surface area contributed by atoms with Crippen LogP contribution in [0.3, 0.4) is 0 Å². The summed E-state index contributed by atoms with van der Waals surface area (Å²) in [4.78, 5) is 4.32. The maximum Gasteiger partial charge on any atom is 0.265 e. The fraction of sp³-hybridized carbons (Fsp3) is 0.167. The summed E-state index contributed by atoms with van der Waals surface area (Å²) in [6, 6.07) is 10.4. The lowest BCUT2D eigenvalue weighted by Gasteiger charge is -2.14. The van der Waals surface area contributed by atoms with E-state index < -0.39 is 15.8 Å². The van der Waals surface area contributed by atoms with Crippen molar-refractivity contribution < 1.29 is 17.5 Å². The summed E-state index contributed by atoms with van der Waals surface area (Å²) in [6.07, 6.45) is 1.91. The zero-order valence-corrected chi connectivity index (χ0v) is 16.0. The Morgan fingerprint density at radius 3 is 2.85 bits per heavy atom. The number of aromatic nitrogens is 2. The van der Waals surface area contributed by atoms with Crippen LogP contribution in [0.5, 0.6) is 5.75 Å². The van der Waals surface area contributed by atoms with E-state index in [9.17, 15) is 12.8 Å². The third-order valence-corrected chi connectivity index (χ3v) is 6.52. The number of aryl methyl sites for hydroxylation is 1. The molecule has 0 amide bonds. The number of rotatable bonds is 5. The van der Waals surface area contributed by atoms with Crippen molar-refractivity contribution in [1.82, 2.24) is 9.55 Å². The average molecular weight is 405 g/mol. The predicted molar refractivity (Wildman–Crippen MR) is 102 cm³/mol. The predicted octanol–water partition coefficient (Wildman–Crippen LogP) is 3.60. The van der Waals surface area contributed by atoms with Crippen molar-refractivity contribution in [1.29, 1.82) is 0 Å². The van der Waals surface area contributed by atoms with Crippen LogP contribution < -0.4 is 9.46 Å². The molecule has 1 N–H and O–H groups in total. The van der Waals surface area contributed by atoms with Gasteiger partial charge < -0.3 is 9.30 Å². The second-order valence-electron chi connectivity index (χ2n) is 5.90. The van der Waals surface area contributed by atoms with Gasteiger partial charge in [0.15, 0.2) is 5.16 Å². The molecule has 1 aliphatic heterocycles. The normalized spacial score (nSPS) is 13.4. The lowest BCUT2D eigenvalue weighted by atomic mass is 10.1. The molecule has 0 atom stereocenters. The number of fused-ring (bicyclic) bond motifs is 1. The van der Waals surface area contributed by atoms with Gasteiger partial charge in [-0.05, 0) is 24.3 Å². The Kier molecular flexibility index (Phi) is 4.56. The van der Waals surface area contributed by atoms with Crippen LogP contribution in [0.4, 0.5) is 10.1 Å². The largest absolute Gasteiger partial charge is 0.495 e. The zero-order chi connectivity index (χ0) is 19.0. The van der Waals surface area contributed by atoms with Gasteiger partial charge in [-0.25, -0.2) is 17.8 Å². The molecule has 140 valence electrons. The second-order valence-corrected chi connectivity index (χ2v) is 8.61. The van der Waals surface area contributed by atoms with E-state index >= 15 is 0 Å². The Labute approximate surface area is 160 Å². The molecule has 1 aromatic heterocycles. The quantitative estimate of drug-likeness (QED) is 0.702. The van der Waals surface area contributed by atoms with Crippen molar-refractivity contribution >= 4 is 27.5 Å². The summed E-state index contributed by atoms with van der Waals surface area (Å²) in [5.41, 5.74) is 1.70. The lowest BCUT2D eigenvalue weighted by Crippen LogP contribution is -2.15. The van der Waals surface area contributed by atoms with Crippen LogP contribution in [0, 0.1) is 5.82 Å². The summed E-state index contributed by atoms with van der Waals surface area (Å²) in [7, 11) is -2.72. The van der Waals surface area contributed by atoms with Gasteiger partial charge in [0.25, 0.3) is 10.0 Å². The molecule has 4 rings (SSSR count). The van der Waals surface area contributed by atoms with Gasteiger partial charge in [-0.3, -0.25) is 4.72 Å². The molecule has 3 aromatic rings. The van der Waals surface area contributed by atoms with Crippen LogP contribution in [-0.2, 0) is 16.6 Å². The fourth-order valence-corrected chi connectivity index (χ4v) is 5.10. The molecule has 27 heavy (non-hydrogen) atoms. The van der Waals surface area contributed by atoms with Crippen LogP contribution in [0.25, 0.3) is 11.3 Å². The van der Waals surface area contributed by atoms with Gasteiger partial charge in [0.2, 0.25) is 0 Å². The molecule has 0 aliphatic carbocycles. The van der Waals surface area contributed by atoms with Crippen molar-refractivity contribution in [2.75, 3.05) is 17.6 Å². The second kappa shape index (κ2) is 6.90. The Bertz CT molecular complexity index is 1090. The molecule has 0 bridgehead atoms. The van der Waals surface area contributed by atoms with Crippen LogP contribution in [0.2, 0.25) is 0 Å².